The lowest BCUT2D eigenvalue weighted by molar-refractivity contribution is -0.136. The number of carbonyl (C=O) groups is 1. The van der Waals surface area contributed by atoms with Gasteiger partial charge in [0.1, 0.15) is 11.2 Å². The molecule has 244 valence electrons. The zero-order valence-corrected chi connectivity index (χ0v) is 28.3. The second-order valence-corrected chi connectivity index (χ2v) is 13.4. The minimum atomic E-state index is -1.02. The Bertz CT molecular complexity index is 2080. The number of aromatic nitrogens is 4. The lowest BCUT2D eigenvalue weighted by Crippen LogP contribution is -2.25. The number of hydrogen-bond donors (Lipinski definition) is 3. The first-order valence-electron chi connectivity index (χ1n) is 15.4. The number of aliphatic carboxylic acids is 1. The van der Waals surface area contributed by atoms with E-state index in [1.165, 1.54) is 17.7 Å². The molecule has 0 bridgehead atoms. The van der Waals surface area contributed by atoms with Crippen molar-refractivity contribution in [1.29, 1.82) is 5.41 Å². The largest absolute Gasteiger partial charge is 0.490 e. The van der Waals surface area contributed by atoms with Crippen LogP contribution in [0.25, 0.3) is 44.2 Å². The molecular formula is C35H37FN6O4S. The number of rotatable bonds is 8. The standard InChI is InChI=1S/C35H37FN6O4S/c1-17-21-9-8-12-45-30(21)29(36)31(46-35(3,4)5)27(17)28-22(15-26(43)44)18(2)39-33-23(28)14-25(42(33)7)34-40-32(41-47-34)19-10-11-24(38-6)20(13-19)16-37/h10-11,13-14,16,37-38H,8-9,12,15H2,1-7H3,(H,43,44). The molecule has 0 fully saturated rings. The lowest BCUT2D eigenvalue weighted by Gasteiger charge is -2.30. The molecule has 0 atom stereocenters. The average molecular weight is 657 g/mol. The molecular weight excluding hydrogens is 619 g/mol. The molecule has 4 heterocycles. The zero-order valence-electron chi connectivity index (χ0n) is 27.5. The summed E-state index contributed by atoms with van der Waals surface area (Å²) in [6.45, 7) is 9.67. The van der Waals surface area contributed by atoms with Gasteiger partial charge in [0.15, 0.2) is 22.3 Å². The number of pyridine rings is 1. The van der Waals surface area contributed by atoms with E-state index in [-0.39, 0.29) is 17.9 Å². The van der Waals surface area contributed by atoms with Crippen molar-refractivity contribution in [1.82, 2.24) is 18.9 Å². The summed E-state index contributed by atoms with van der Waals surface area (Å²) in [4.78, 5) is 22.0. The van der Waals surface area contributed by atoms with E-state index in [9.17, 15) is 9.90 Å². The molecule has 0 amide bonds. The van der Waals surface area contributed by atoms with Crippen molar-refractivity contribution in [3.8, 4) is 44.7 Å². The van der Waals surface area contributed by atoms with Crippen LogP contribution in [0, 0.1) is 25.1 Å². The van der Waals surface area contributed by atoms with Crippen LogP contribution in [0.4, 0.5) is 10.1 Å². The highest BCUT2D eigenvalue weighted by Crippen LogP contribution is 2.49. The number of benzene rings is 2. The number of aryl methyl sites for hydroxylation is 2. The first kappa shape index (κ1) is 32.1. The molecule has 3 N–H and O–H groups in total. The molecule has 1 aliphatic rings. The van der Waals surface area contributed by atoms with Gasteiger partial charge >= 0.3 is 5.97 Å². The van der Waals surface area contributed by atoms with Gasteiger partial charge in [-0.05, 0) is 94.4 Å². The van der Waals surface area contributed by atoms with Gasteiger partial charge in [0.2, 0.25) is 5.82 Å². The Kier molecular flexibility index (Phi) is 8.25. The lowest BCUT2D eigenvalue weighted by atomic mass is 9.86. The van der Waals surface area contributed by atoms with Crippen LogP contribution in [0.5, 0.6) is 11.5 Å². The predicted octanol–water partition coefficient (Wildman–Crippen LogP) is 7.35. The monoisotopic (exact) mass is 656 g/mol. The second-order valence-electron chi connectivity index (χ2n) is 12.7. The van der Waals surface area contributed by atoms with Crippen molar-refractivity contribution >= 4 is 40.4 Å². The summed E-state index contributed by atoms with van der Waals surface area (Å²) in [5, 5.41) is 22.2. The Morgan fingerprint density at radius 2 is 2.00 bits per heavy atom. The molecule has 0 saturated heterocycles. The number of hydrogen-bond acceptors (Lipinski definition) is 9. The molecule has 5 aromatic rings. The number of anilines is 1. The van der Waals surface area contributed by atoms with Gasteiger partial charge in [0.05, 0.1) is 18.7 Å². The number of halogens is 1. The average Bonchev–Trinajstić information content (AvgIpc) is 3.64. The Balaban J connectivity index is 1.63. The van der Waals surface area contributed by atoms with Gasteiger partial charge in [-0.1, -0.05) is 0 Å². The molecule has 3 aromatic heterocycles. The highest BCUT2D eigenvalue weighted by molar-refractivity contribution is 7.09. The Hall–Kier alpha value is -4.84. The molecule has 12 heteroatoms. The minimum Gasteiger partial charge on any atom is -0.490 e. The molecule has 0 spiro atoms. The number of fused-ring (bicyclic) bond motifs is 2. The summed E-state index contributed by atoms with van der Waals surface area (Å²) >= 11 is 1.23. The van der Waals surface area contributed by atoms with E-state index in [0.717, 1.165) is 34.5 Å². The topological polar surface area (TPSA) is 135 Å². The minimum absolute atomic E-state index is 0.0322. The maximum atomic E-state index is 16.5. The summed E-state index contributed by atoms with van der Waals surface area (Å²) in [7, 11) is 3.68. The SMILES string of the molecule is CNc1ccc(-c2nsc(-c3cc4c(-c5c(C)c6c(c(F)c5OC(C)(C)C)OCCC6)c(CC(=O)O)c(C)nc4n3C)n2)cc1C=N. The molecule has 47 heavy (non-hydrogen) atoms. The van der Waals surface area contributed by atoms with Crippen LogP contribution in [0.3, 0.4) is 0 Å². The fraction of sp³-hybridized carbons (Fsp3) is 0.343. The number of nitrogens with one attached hydrogen (secondary N) is 2. The summed E-state index contributed by atoms with van der Waals surface area (Å²) < 4.78 is 35.2. The first-order chi connectivity index (χ1) is 22.3. The van der Waals surface area contributed by atoms with Crippen LogP contribution in [0.1, 0.15) is 55.1 Å². The Morgan fingerprint density at radius 1 is 1.23 bits per heavy atom. The van der Waals surface area contributed by atoms with E-state index in [1.54, 1.807) is 14.0 Å². The smallest absolute Gasteiger partial charge is 0.307 e. The van der Waals surface area contributed by atoms with Gasteiger partial charge in [-0.2, -0.15) is 8.76 Å². The van der Waals surface area contributed by atoms with Crippen molar-refractivity contribution in [3.05, 3.63) is 58.0 Å². The summed E-state index contributed by atoms with van der Waals surface area (Å²) in [6, 6.07) is 7.58. The van der Waals surface area contributed by atoms with Crippen molar-refractivity contribution in [2.45, 2.75) is 59.5 Å². The highest BCUT2D eigenvalue weighted by Gasteiger charge is 2.33. The summed E-state index contributed by atoms with van der Waals surface area (Å²) in [5.74, 6) is -0.859. The molecule has 6 rings (SSSR count). The van der Waals surface area contributed by atoms with Crippen molar-refractivity contribution in [2.24, 2.45) is 7.05 Å². The van der Waals surface area contributed by atoms with Crippen molar-refractivity contribution in [2.75, 3.05) is 19.0 Å². The summed E-state index contributed by atoms with van der Waals surface area (Å²) in [6.07, 6.45) is 2.35. The van der Waals surface area contributed by atoms with Crippen LogP contribution in [0.15, 0.2) is 24.3 Å². The summed E-state index contributed by atoms with van der Waals surface area (Å²) in [5.41, 5.74) is 6.52. The van der Waals surface area contributed by atoms with Gasteiger partial charge in [0, 0.05) is 64.9 Å². The highest BCUT2D eigenvalue weighted by atomic mass is 32.1. The molecule has 1 aliphatic heterocycles. The second kappa shape index (κ2) is 12.1. The van der Waals surface area contributed by atoms with Crippen LogP contribution < -0.4 is 14.8 Å². The van der Waals surface area contributed by atoms with Crippen LogP contribution in [-0.2, 0) is 24.7 Å². The van der Waals surface area contributed by atoms with E-state index in [2.05, 4.69) is 9.69 Å². The molecule has 0 unspecified atom stereocenters. The van der Waals surface area contributed by atoms with Gasteiger partial charge < -0.3 is 29.9 Å². The quantitative estimate of drug-likeness (QED) is 0.148. The van der Waals surface area contributed by atoms with Crippen molar-refractivity contribution < 1.29 is 23.8 Å². The van der Waals surface area contributed by atoms with Crippen LogP contribution >= 0.6 is 11.5 Å². The third-order valence-corrected chi connectivity index (χ3v) is 9.13. The number of nitrogens with zero attached hydrogens (tertiary/aromatic N) is 4. The zero-order chi connectivity index (χ0) is 33.8. The van der Waals surface area contributed by atoms with E-state index < -0.39 is 17.4 Å². The van der Waals surface area contributed by atoms with Gasteiger partial charge in [-0.15, -0.1) is 0 Å². The predicted molar refractivity (Wildman–Crippen MR) is 183 cm³/mol. The van der Waals surface area contributed by atoms with E-state index in [4.69, 9.17) is 24.9 Å². The first-order valence-corrected chi connectivity index (χ1v) is 16.1. The van der Waals surface area contributed by atoms with Crippen molar-refractivity contribution in [3.63, 3.8) is 0 Å². The Morgan fingerprint density at radius 3 is 2.68 bits per heavy atom. The van der Waals surface area contributed by atoms with E-state index in [1.807, 2.05) is 63.6 Å². The number of carboxylic acids is 1. The van der Waals surface area contributed by atoms with E-state index in [0.29, 0.717) is 62.8 Å². The van der Waals surface area contributed by atoms with Gasteiger partial charge in [-0.25, -0.2) is 9.97 Å². The molecule has 2 aromatic carbocycles. The molecule has 10 nitrogen and oxygen atoms in total. The third kappa shape index (κ3) is 5.71. The number of carboxylic acid groups (broad SMARTS) is 1. The third-order valence-electron chi connectivity index (χ3n) is 8.39. The van der Waals surface area contributed by atoms with E-state index >= 15 is 4.39 Å². The normalized spacial score (nSPS) is 12.9. The fourth-order valence-electron chi connectivity index (χ4n) is 6.25. The maximum Gasteiger partial charge on any atom is 0.307 e. The van der Waals surface area contributed by atoms with Crippen LogP contribution in [-0.4, -0.2) is 55.5 Å². The Labute approximate surface area is 276 Å². The van der Waals surface area contributed by atoms with Gasteiger partial charge in [-0.3, -0.25) is 4.79 Å². The van der Waals surface area contributed by atoms with Gasteiger partial charge in [0.25, 0.3) is 0 Å². The molecule has 0 radical (unpaired) electrons. The van der Waals surface area contributed by atoms with Crippen LogP contribution in [0.2, 0.25) is 0 Å². The number of ether oxygens (including phenoxy) is 2. The maximum absolute atomic E-state index is 16.5. The fourth-order valence-corrected chi connectivity index (χ4v) is 6.98. The molecule has 0 saturated carbocycles. The molecule has 0 aliphatic carbocycles.